The molecule has 3 heteroatoms. The maximum atomic E-state index is 11.2. The highest BCUT2D eigenvalue weighted by atomic mass is 16.1. The maximum Gasteiger partial charge on any atom is 0.195 e. The lowest BCUT2D eigenvalue weighted by molar-refractivity contribution is 0.100. The third-order valence-electron chi connectivity index (χ3n) is 2.06. The van der Waals surface area contributed by atoms with Gasteiger partial charge in [-0.25, -0.2) is 4.98 Å². The highest BCUT2D eigenvalue weighted by molar-refractivity contribution is 5.91. The summed E-state index contributed by atoms with van der Waals surface area (Å²) in [5.41, 5.74) is 1.99. The third-order valence-corrected chi connectivity index (χ3v) is 2.06. The minimum atomic E-state index is -0.00528. The number of Topliss-reactive ketones (excluding diaryl/α,β-unsaturated/α-hetero) is 1. The van der Waals surface area contributed by atoms with E-state index in [1.807, 2.05) is 29.5 Å². The van der Waals surface area contributed by atoms with Crippen LogP contribution in [0.3, 0.4) is 0 Å². The Balaban J connectivity index is 2.86. The fraction of sp³-hybridized carbons (Fsp3) is 0.200. The molecular weight excluding hydrogens is 164 g/mol. The van der Waals surface area contributed by atoms with Crippen molar-refractivity contribution in [2.24, 2.45) is 0 Å². The van der Waals surface area contributed by atoms with Crippen LogP contribution in [0.5, 0.6) is 0 Å². The first-order valence-corrected chi connectivity index (χ1v) is 4.14. The Morgan fingerprint density at radius 3 is 2.92 bits per heavy atom. The number of aromatic nitrogens is 2. The van der Waals surface area contributed by atoms with Crippen LogP contribution in [0.2, 0.25) is 0 Å². The minimum Gasteiger partial charge on any atom is -0.295 e. The van der Waals surface area contributed by atoms with Crippen LogP contribution in [-0.4, -0.2) is 15.2 Å². The number of pyridine rings is 1. The van der Waals surface area contributed by atoms with Gasteiger partial charge in [-0.15, -0.1) is 0 Å². The van der Waals surface area contributed by atoms with Crippen LogP contribution in [0, 0.1) is 6.92 Å². The Kier molecular flexibility index (Phi) is 1.65. The SMILES string of the molecule is CC(=O)c1ncc2cccc(C)n12. The second-order valence-corrected chi connectivity index (χ2v) is 3.07. The van der Waals surface area contributed by atoms with Crippen LogP contribution < -0.4 is 0 Å². The first-order chi connectivity index (χ1) is 6.20. The average molecular weight is 174 g/mol. The van der Waals surface area contributed by atoms with Crippen LogP contribution in [0.4, 0.5) is 0 Å². The van der Waals surface area contributed by atoms with Crippen LogP contribution in [-0.2, 0) is 0 Å². The van der Waals surface area contributed by atoms with Crippen LogP contribution in [0.15, 0.2) is 24.4 Å². The molecule has 0 aliphatic heterocycles. The zero-order valence-corrected chi connectivity index (χ0v) is 7.61. The van der Waals surface area contributed by atoms with E-state index < -0.39 is 0 Å². The zero-order chi connectivity index (χ0) is 9.42. The van der Waals surface area contributed by atoms with Gasteiger partial charge in [-0.2, -0.15) is 0 Å². The van der Waals surface area contributed by atoms with Crippen LogP contribution in [0.1, 0.15) is 23.2 Å². The molecule has 0 radical (unpaired) electrons. The molecule has 0 spiro atoms. The van der Waals surface area contributed by atoms with Gasteiger partial charge in [0.2, 0.25) is 0 Å². The second kappa shape index (κ2) is 2.69. The fourth-order valence-electron chi connectivity index (χ4n) is 1.46. The summed E-state index contributed by atoms with van der Waals surface area (Å²) in [6, 6.07) is 5.85. The lowest BCUT2D eigenvalue weighted by atomic mass is 10.3. The molecular formula is C10H10N2O. The van der Waals surface area contributed by atoms with Gasteiger partial charge in [0.1, 0.15) is 0 Å². The van der Waals surface area contributed by atoms with Crippen molar-refractivity contribution in [3.05, 3.63) is 35.9 Å². The van der Waals surface area contributed by atoms with Crippen molar-refractivity contribution >= 4 is 11.3 Å². The summed E-state index contributed by atoms with van der Waals surface area (Å²) in [5.74, 6) is 0.502. The number of ketones is 1. The zero-order valence-electron chi connectivity index (χ0n) is 7.61. The third kappa shape index (κ3) is 1.13. The van der Waals surface area contributed by atoms with Crippen LogP contribution >= 0.6 is 0 Å². The molecule has 2 aromatic rings. The molecule has 66 valence electrons. The molecule has 0 atom stereocenters. The van der Waals surface area contributed by atoms with Crippen molar-refractivity contribution in [1.82, 2.24) is 9.38 Å². The van der Waals surface area contributed by atoms with Gasteiger partial charge < -0.3 is 0 Å². The van der Waals surface area contributed by atoms with Crippen LogP contribution in [0.25, 0.3) is 5.52 Å². The van der Waals surface area contributed by atoms with Gasteiger partial charge in [0.25, 0.3) is 0 Å². The number of carbonyl (C=O) groups excluding carboxylic acids is 1. The number of rotatable bonds is 1. The highest BCUT2D eigenvalue weighted by Crippen LogP contribution is 2.10. The molecule has 2 aromatic heterocycles. The molecule has 0 amide bonds. The number of fused-ring (bicyclic) bond motifs is 1. The molecule has 0 aliphatic carbocycles. The van der Waals surface area contributed by atoms with Crippen molar-refractivity contribution in [1.29, 1.82) is 0 Å². The molecule has 2 heterocycles. The van der Waals surface area contributed by atoms with Crippen molar-refractivity contribution in [2.75, 3.05) is 0 Å². The van der Waals surface area contributed by atoms with Gasteiger partial charge in [0.15, 0.2) is 11.6 Å². The van der Waals surface area contributed by atoms with Crippen molar-refractivity contribution in [3.63, 3.8) is 0 Å². The summed E-state index contributed by atoms with van der Waals surface area (Å²) in [7, 11) is 0. The van der Waals surface area contributed by atoms with Gasteiger partial charge in [0.05, 0.1) is 11.7 Å². The quantitative estimate of drug-likeness (QED) is 0.618. The average Bonchev–Trinajstić information content (AvgIpc) is 2.49. The molecule has 13 heavy (non-hydrogen) atoms. The smallest absolute Gasteiger partial charge is 0.195 e. The van der Waals surface area contributed by atoms with E-state index in [-0.39, 0.29) is 5.78 Å². The molecule has 0 aliphatic rings. The Labute approximate surface area is 76.0 Å². The number of hydrogen-bond donors (Lipinski definition) is 0. The molecule has 0 aromatic carbocycles. The number of nitrogens with zero attached hydrogens (tertiary/aromatic N) is 2. The van der Waals surface area contributed by atoms with Gasteiger partial charge in [-0.3, -0.25) is 9.20 Å². The predicted molar refractivity (Wildman–Crippen MR) is 49.9 cm³/mol. The molecule has 2 rings (SSSR count). The molecule has 0 saturated heterocycles. The molecule has 0 bridgehead atoms. The van der Waals surface area contributed by atoms with E-state index in [0.29, 0.717) is 5.82 Å². The second-order valence-electron chi connectivity index (χ2n) is 3.07. The monoisotopic (exact) mass is 174 g/mol. The highest BCUT2D eigenvalue weighted by Gasteiger charge is 2.08. The summed E-state index contributed by atoms with van der Waals surface area (Å²) >= 11 is 0. The minimum absolute atomic E-state index is 0.00528. The molecule has 0 saturated carbocycles. The Bertz CT molecular complexity index is 471. The van der Waals surface area contributed by atoms with E-state index in [9.17, 15) is 4.79 Å². The summed E-state index contributed by atoms with van der Waals surface area (Å²) in [6.07, 6.45) is 1.71. The number of imidazole rings is 1. The van der Waals surface area contributed by atoms with Gasteiger partial charge >= 0.3 is 0 Å². The van der Waals surface area contributed by atoms with Gasteiger partial charge in [-0.1, -0.05) is 6.07 Å². The van der Waals surface area contributed by atoms with E-state index in [1.54, 1.807) is 6.20 Å². The maximum absolute atomic E-state index is 11.2. The van der Waals surface area contributed by atoms with E-state index in [4.69, 9.17) is 0 Å². The predicted octanol–water partition coefficient (Wildman–Crippen LogP) is 1.85. The first kappa shape index (κ1) is 7.98. The Hall–Kier alpha value is -1.64. The summed E-state index contributed by atoms with van der Waals surface area (Å²) < 4.78 is 1.86. The molecule has 0 fully saturated rings. The van der Waals surface area contributed by atoms with E-state index in [0.717, 1.165) is 11.2 Å². The fourth-order valence-corrected chi connectivity index (χ4v) is 1.46. The van der Waals surface area contributed by atoms with Crippen molar-refractivity contribution in [3.8, 4) is 0 Å². The lowest BCUT2D eigenvalue weighted by Gasteiger charge is -2.01. The van der Waals surface area contributed by atoms with E-state index in [2.05, 4.69) is 4.98 Å². The molecule has 0 N–H and O–H groups in total. The number of carbonyl (C=O) groups is 1. The molecule has 3 nitrogen and oxygen atoms in total. The summed E-state index contributed by atoms with van der Waals surface area (Å²) in [4.78, 5) is 15.3. The number of aryl methyl sites for hydroxylation is 1. The van der Waals surface area contributed by atoms with E-state index in [1.165, 1.54) is 6.92 Å². The summed E-state index contributed by atoms with van der Waals surface area (Å²) in [5, 5.41) is 0. The molecule has 0 unspecified atom stereocenters. The first-order valence-electron chi connectivity index (χ1n) is 4.14. The largest absolute Gasteiger partial charge is 0.295 e. The summed E-state index contributed by atoms with van der Waals surface area (Å²) in [6.45, 7) is 3.49. The van der Waals surface area contributed by atoms with Crippen molar-refractivity contribution < 1.29 is 4.79 Å². The van der Waals surface area contributed by atoms with Crippen molar-refractivity contribution in [2.45, 2.75) is 13.8 Å². The topological polar surface area (TPSA) is 34.4 Å². The number of hydrogen-bond acceptors (Lipinski definition) is 2. The normalized spacial score (nSPS) is 10.6. The Morgan fingerprint density at radius 1 is 1.46 bits per heavy atom. The van der Waals surface area contributed by atoms with E-state index >= 15 is 0 Å². The lowest BCUT2D eigenvalue weighted by Crippen LogP contribution is -2.02. The van der Waals surface area contributed by atoms with Gasteiger partial charge in [-0.05, 0) is 19.1 Å². The standard InChI is InChI=1S/C10H10N2O/c1-7-4-3-5-9-6-11-10(8(2)13)12(7)9/h3-6H,1-2H3. The van der Waals surface area contributed by atoms with Gasteiger partial charge in [0, 0.05) is 12.6 Å². The Morgan fingerprint density at radius 2 is 2.23 bits per heavy atom.